The maximum Gasteiger partial charge on any atom is 0.00413 e. The van der Waals surface area contributed by atoms with E-state index in [2.05, 4.69) is 27.7 Å². The Bertz CT molecular complexity index is 287. The molecule has 15 heavy (non-hydrogen) atoms. The van der Waals surface area contributed by atoms with Gasteiger partial charge in [0.15, 0.2) is 0 Å². The average Bonchev–Trinajstić information content (AvgIpc) is 2.45. The van der Waals surface area contributed by atoms with E-state index in [1.54, 1.807) is 22.3 Å². The van der Waals surface area contributed by atoms with Crippen LogP contribution in [0.5, 0.6) is 0 Å². The molecule has 0 aromatic carbocycles. The lowest BCUT2D eigenvalue weighted by Crippen LogP contribution is -2.18. The Labute approximate surface area is 94.5 Å². The molecule has 0 aliphatic heterocycles. The maximum atomic E-state index is 2.36. The van der Waals surface area contributed by atoms with Gasteiger partial charge >= 0.3 is 0 Å². The van der Waals surface area contributed by atoms with Crippen LogP contribution >= 0.6 is 0 Å². The number of hydrogen-bond donors (Lipinski definition) is 0. The zero-order valence-corrected chi connectivity index (χ0v) is 10.7. The van der Waals surface area contributed by atoms with E-state index in [4.69, 9.17) is 0 Å². The number of allylic oxidation sites excluding steroid dienone is 4. The van der Waals surface area contributed by atoms with Crippen LogP contribution < -0.4 is 0 Å². The normalized spacial score (nSPS) is 25.6. The van der Waals surface area contributed by atoms with Gasteiger partial charge in [-0.1, -0.05) is 30.4 Å². The van der Waals surface area contributed by atoms with Crippen LogP contribution in [0, 0.1) is 11.8 Å². The third-order valence-electron chi connectivity index (χ3n) is 4.80. The predicted octanol–water partition coefficient (Wildman–Crippen LogP) is 4.87. The van der Waals surface area contributed by atoms with Gasteiger partial charge in [-0.3, -0.25) is 0 Å². The lowest BCUT2D eigenvalue weighted by molar-refractivity contribution is 0.303. The van der Waals surface area contributed by atoms with Crippen LogP contribution in [0.2, 0.25) is 0 Å². The number of hydrogen-bond acceptors (Lipinski definition) is 0. The molecule has 0 nitrogen and oxygen atoms in total. The molecule has 1 fully saturated rings. The minimum absolute atomic E-state index is 0.797. The quantitative estimate of drug-likeness (QED) is 0.571. The van der Waals surface area contributed by atoms with Crippen LogP contribution in [0.15, 0.2) is 22.3 Å². The van der Waals surface area contributed by atoms with Crippen LogP contribution in [0.25, 0.3) is 0 Å². The molecular formula is C15H24. The van der Waals surface area contributed by atoms with Crippen LogP contribution in [0.3, 0.4) is 0 Å². The molecule has 0 N–H and O–H groups in total. The molecule has 1 saturated carbocycles. The second-order valence-electron chi connectivity index (χ2n) is 5.49. The van der Waals surface area contributed by atoms with Crippen molar-refractivity contribution in [1.29, 1.82) is 0 Å². The van der Waals surface area contributed by atoms with Crippen LogP contribution in [-0.2, 0) is 0 Å². The summed E-state index contributed by atoms with van der Waals surface area (Å²) in [6, 6.07) is 0. The molecule has 0 aromatic rings. The Kier molecular flexibility index (Phi) is 3.04. The third-order valence-corrected chi connectivity index (χ3v) is 4.80. The maximum absolute atomic E-state index is 2.36. The zero-order chi connectivity index (χ0) is 11.0. The van der Waals surface area contributed by atoms with E-state index in [-0.39, 0.29) is 0 Å². The Hall–Kier alpha value is -0.520. The molecule has 2 aliphatic carbocycles. The van der Waals surface area contributed by atoms with Crippen molar-refractivity contribution < 1.29 is 0 Å². The van der Waals surface area contributed by atoms with E-state index in [1.807, 2.05) is 0 Å². The number of rotatable bonds is 1. The summed E-state index contributed by atoms with van der Waals surface area (Å²) in [4.78, 5) is 0. The highest BCUT2D eigenvalue weighted by Gasteiger charge is 2.31. The lowest BCUT2D eigenvalue weighted by Gasteiger charge is -2.30. The van der Waals surface area contributed by atoms with E-state index in [1.165, 1.54) is 32.1 Å². The van der Waals surface area contributed by atoms with Gasteiger partial charge in [-0.05, 0) is 57.6 Å². The molecule has 84 valence electrons. The Morgan fingerprint density at radius 2 is 1.20 bits per heavy atom. The summed E-state index contributed by atoms with van der Waals surface area (Å²) in [6.45, 7) is 9.32. The molecule has 2 aliphatic rings. The fourth-order valence-electron chi connectivity index (χ4n) is 3.56. The minimum atomic E-state index is 0.797. The monoisotopic (exact) mass is 204 g/mol. The summed E-state index contributed by atoms with van der Waals surface area (Å²) < 4.78 is 0. The Morgan fingerprint density at radius 1 is 0.733 bits per heavy atom. The molecule has 0 amide bonds. The summed E-state index contributed by atoms with van der Waals surface area (Å²) in [7, 11) is 0. The van der Waals surface area contributed by atoms with Gasteiger partial charge in [-0.2, -0.15) is 0 Å². The summed E-state index contributed by atoms with van der Waals surface area (Å²) >= 11 is 0. The van der Waals surface area contributed by atoms with Gasteiger partial charge < -0.3 is 0 Å². The third kappa shape index (κ3) is 1.79. The largest absolute Gasteiger partial charge is 0.0627 e. The molecule has 0 saturated heterocycles. The first-order chi connectivity index (χ1) is 7.13. The first-order valence-electron chi connectivity index (χ1n) is 6.48. The van der Waals surface area contributed by atoms with Gasteiger partial charge in [0, 0.05) is 5.92 Å². The minimum Gasteiger partial charge on any atom is -0.0627 e. The highest BCUT2D eigenvalue weighted by Crippen LogP contribution is 2.45. The highest BCUT2D eigenvalue weighted by atomic mass is 14.4. The van der Waals surface area contributed by atoms with E-state index < -0.39 is 0 Å². The average molecular weight is 204 g/mol. The van der Waals surface area contributed by atoms with Crippen molar-refractivity contribution in [3.05, 3.63) is 22.3 Å². The van der Waals surface area contributed by atoms with Crippen molar-refractivity contribution in [3.8, 4) is 0 Å². The van der Waals surface area contributed by atoms with Crippen LogP contribution in [0.4, 0.5) is 0 Å². The van der Waals surface area contributed by atoms with E-state index in [0.717, 1.165) is 11.8 Å². The summed E-state index contributed by atoms with van der Waals surface area (Å²) in [5.74, 6) is 1.75. The molecule has 0 radical (unpaired) electrons. The van der Waals surface area contributed by atoms with Gasteiger partial charge in [0.25, 0.3) is 0 Å². The van der Waals surface area contributed by atoms with Gasteiger partial charge in [0.2, 0.25) is 0 Å². The van der Waals surface area contributed by atoms with Crippen molar-refractivity contribution in [3.63, 3.8) is 0 Å². The van der Waals surface area contributed by atoms with Crippen molar-refractivity contribution in [2.24, 2.45) is 11.8 Å². The Morgan fingerprint density at radius 3 is 1.67 bits per heavy atom. The molecule has 0 heterocycles. The van der Waals surface area contributed by atoms with E-state index in [0.29, 0.717) is 0 Å². The van der Waals surface area contributed by atoms with Crippen molar-refractivity contribution in [2.45, 2.75) is 59.8 Å². The smallest absolute Gasteiger partial charge is 0.00413 e. The second-order valence-corrected chi connectivity index (χ2v) is 5.49. The first-order valence-corrected chi connectivity index (χ1v) is 6.48. The fourth-order valence-corrected chi connectivity index (χ4v) is 3.56. The Balaban J connectivity index is 2.22. The molecule has 0 heteroatoms. The van der Waals surface area contributed by atoms with Gasteiger partial charge in [-0.25, -0.2) is 0 Å². The molecule has 0 aromatic heterocycles. The molecule has 2 rings (SSSR count). The van der Waals surface area contributed by atoms with Gasteiger partial charge in [-0.15, -0.1) is 0 Å². The fraction of sp³-hybridized carbons (Fsp3) is 0.733. The van der Waals surface area contributed by atoms with Gasteiger partial charge in [0.1, 0.15) is 0 Å². The molecule has 0 atom stereocenters. The summed E-state index contributed by atoms with van der Waals surface area (Å²) in [5.41, 5.74) is 6.47. The zero-order valence-electron chi connectivity index (χ0n) is 10.7. The van der Waals surface area contributed by atoms with E-state index in [9.17, 15) is 0 Å². The highest BCUT2D eigenvalue weighted by molar-refractivity contribution is 5.46. The van der Waals surface area contributed by atoms with Crippen molar-refractivity contribution in [1.82, 2.24) is 0 Å². The standard InChI is InChI=1S/C15H24/c1-10-11(2)13(4)15(12(10)3)14-8-6-5-7-9-14/h14-15H,5-9H2,1-4H3. The molecule has 0 bridgehead atoms. The molecular weight excluding hydrogens is 180 g/mol. The van der Waals surface area contributed by atoms with Crippen molar-refractivity contribution >= 4 is 0 Å². The topological polar surface area (TPSA) is 0 Å². The first kappa shape index (κ1) is 11.0. The summed E-state index contributed by atoms with van der Waals surface area (Å²) in [6.07, 6.45) is 7.30. The van der Waals surface area contributed by atoms with Crippen LogP contribution in [0.1, 0.15) is 59.8 Å². The molecule has 0 unspecified atom stereocenters. The summed E-state index contributed by atoms with van der Waals surface area (Å²) in [5, 5.41) is 0. The van der Waals surface area contributed by atoms with Gasteiger partial charge in [0.05, 0.1) is 0 Å². The van der Waals surface area contributed by atoms with Crippen molar-refractivity contribution in [2.75, 3.05) is 0 Å². The predicted molar refractivity (Wildman–Crippen MR) is 66.8 cm³/mol. The second kappa shape index (κ2) is 4.15. The lowest BCUT2D eigenvalue weighted by atomic mass is 9.75. The van der Waals surface area contributed by atoms with Crippen LogP contribution in [-0.4, -0.2) is 0 Å². The van der Waals surface area contributed by atoms with E-state index >= 15 is 0 Å². The SMILES string of the molecule is CC1=C(C)C(C2CCCCC2)C(C)=C1C. The molecule has 0 spiro atoms.